The third kappa shape index (κ3) is 4.47. The lowest BCUT2D eigenvalue weighted by atomic mass is 10.1. The maximum atomic E-state index is 12.7. The van der Waals surface area contributed by atoms with Gasteiger partial charge in [-0.3, -0.25) is 4.79 Å². The maximum absolute atomic E-state index is 12.7. The van der Waals surface area contributed by atoms with E-state index < -0.39 is 28.1 Å². The van der Waals surface area contributed by atoms with Gasteiger partial charge in [-0.05, 0) is 49.9 Å². The van der Waals surface area contributed by atoms with E-state index in [1.165, 1.54) is 13.2 Å². The molecule has 0 aliphatic carbocycles. The molecule has 6 nitrogen and oxygen atoms in total. The number of benzene rings is 1. The third-order valence-corrected chi connectivity index (χ3v) is 5.96. The number of alkyl halides is 3. The molecule has 1 aromatic rings. The van der Waals surface area contributed by atoms with Gasteiger partial charge in [0.25, 0.3) is 0 Å². The number of nitrogens with one attached hydrogen (secondary N) is 1. The number of sulfonamides is 1. The number of hydrogen-bond acceptors (Lipinski definition) is 4. The standard InChI is InChI=1S/C16H21F3N2O4S/c1-10-8-13(25-3)14(9-11(10)2)26(23,24)20-12-4-6-21(7-5-12)15(22)16(17,18)19/h8-9,12,20H,4-7H2,1-3H3. The molecule has 0 spiro atoms. The van der Waals surface area contributed by atoms with Crippen LogP contribution in [-0.2, 0) is 14.8 Å². The zero-order valence-corrected chi connectivity index (χ0v) is 15.5. The molecular formula is C16H21F3N2O4S. The number of rotatable bonds is 4. The number of carbonyl (C=O) groups is 1. The molecule has 2 rings (SSSR count). The molecule has 1 saturated heterocycles. The lowest BCUT2D eigenvalue weighted by molar-refractivity contribution is -0.186. The van der Waals surface area contributed by atoms with Crippen LogP contribution in [0.5, 0.6) is 5.75 Å². The molecule has 10 heteroatoms. The van der Waals surface area contributed by atoms with Crippen LogP contribution in [0.4, 0.5) is 13.2 Å². The molecule has 1 aliphatic rings. The van der Waals surface area contributed by atoms with Crippen molar-refractivity contribution in [3.63, 3.8) is 0 Å². The summed E-state index contributed by atoms with van der Waals surface area (Å²) in [4.78, 5) is 11.9. The summed E-state index contributed by atoms with van der Waals surface area (Å²) < 4.78 is 70.4. The smallest absolute Gasteiger partial charge is 0.471 e. The summed E-state index contributed by atoms with van der Waals surface area (Å²) in [6, 6.07) is 2.57. The molecule has 0 unspecified atom stereocenters. The number of nitrogens with zero attached hydrogens (tertiary/aromatic N) is 1. The zero-order valence-electron chi connectivity index (χ0n) is 14.7. The van der Waals surface area contributed by atoms with E-state index in [9.17, 15) is 26.4 Å². The first-order valence-electron chi connectivity index (χ1n) is 7.99. The number of carbonyl (C=O) groups excluding carboxylic acids is 1. The van der Waals surface area contributed by atoms with E-state index in [0.717, 1.165) is 11.1 Å². The Hall–Kier alpha value is -1.81. The molecule has 0 radical (unpaired) electrons. The highest BCUT2D eigenvalue weighted by Gasteiger charge is 2.43. The van der Waals surface area contributed by atoms with Crippen LogP contribution >= 0.6 is 0 Å². The lowest BCUT2D eigenvalue weighted by Gasteiger charge is -2.32. The van der Waals surface area contributed by atoms with E-state index in [1.54, 1.807) is 13.0 Å². The van der Waals surface area contributed by atoms with Gasteiger partial charge in [0.05, 0.1) is 7.11 Å². The molecule has 0 bridgehead atoms. The average Bonchev–Trinajstić information content (AvgIpc) is 2.55. The van der Waals surface area contributed by atoms with E-state index in [-0.39, 0.29) is 36.6 Å². The average molecular weight is 394 g/mol. The van der Waals surface area contributed by atoms with Crippen LogP contribution in [-0.4, -0.2) is 51.6 Å². The summed E-state index contributed by atoms with van der Waals surface area (Å²) in [7, 11) is -2.54. The number of methoxy groups -OCH3 is 1. The highest BCUT2D eigenvalue weighted by molar-refractivity contribution is 7.89. The second-order valence-electron chi connectivity index (χ2n) is 6.27. The van der Waals surface area contributed by atoms with E-state index in [0.29, 0.717) is 4.90 Å². The van der Waals surface area contributed by atoms with E-state index in [2.05, 4.69) is 4.72 Å². The predicted octanol–water partition coefficient (Wildman–Crippen LogP) is 2.14. The fourth-order valence-electron chi connectivity index (χ4n) is 2.80. The lowest BCUT2D eigenvalue weighted by Crippen LogP contribution is -2.50. The third-order valence-electron chi connectivity index (χ3n) is 4.42. The van der Waals surface area contributed by atoms with Crippen molar-refractivity contribution in [2.45, 2.75) is 43.8 Å². The number of piperidine rings is 1. The highest BCUT2D eigenvalue weighted by atomic mass is 32.2. The SMILES string of the molecule is COc1cc(C)c(C)cc1S(=O)(=O)NC1CCN(C(=O)C(F)(F)F)CC1. The van der Waals surface area contributed by atoms with Gasteiger partial charge in [0.15, 0.2) is 0 Å². The number of amides is 1. The molecule has 26 heavy (non-hydrogen) atoms. The Morgan fingerprint density at radius 3 is 2.23 bits per heavy atom. The van der Waals surface area contributed by atoms with E-state index in [4.69, 9.17) is 4.74 Å². The molecule has 1 fully saturated rings. The van der Waals surface area contributed by atoms with Crippen molar-refractivity contribution in [2.24, 2.45) is 0 Å². The molecule has 146 valence electrons. The second-order valence-corrected chi connectivity index (χ2v) is 7.96. The van der Waals surface area contributed by atoms with Crippen LogP contribution in [0.15, 0.2) is 17.0 Å². The fourth-order valence-corrected chi connectivity index (χ4v) is 4.34. The maximum Gasteiger partial charge on any atom is 0.471 e. The van der Waals surface area contributed by atoms with Crippen molar-refractivity contribution in [3.05, 3.63) is 23.3 Å². The normalized spacial score (nSPS) is 16.6. The van der Waals surface area contributed by atoms with Crippen LogP contribution in [0.1, 0.15) is 24.0 Å². The largest absolute Gasteiger partial charge is 0.495 e. The van der Waals surface area contributed by atoms with E-state index in [1.807, 2.05) is 6.92 Å². The van der Waals surface area contributed by atoms with Crippen molar-refractivity contribution < 1.29 is 31.1 Å². The Balaban J connectivity index is 2.10. The minimum Gasteiger partial charge on any atom is -0.495 e. The molecule has 0 aromatic heterocycles. The molecule has 1 heterocycles. The summed E-state index contributed by atoms with van der Waals surface area (Å²) in [5, 5.41) is 0. The van der Waals surface area contributed by atoms with Gasteiger partial charge in [-0.1, -0.05) is 0 Å². The Morgan fingerprint density at radius 2 is 1.73 bits per heavy atom. The number of likely N-dealkylation sites (tertiary alicyclic amines) is 1. The van der Waals surface area contributed by atoms with Gasteiger partial charge in [0.1, 0.15) is 10.6 Å². The van der Waals surface area contributed by atoms with Crippen molar-refractivity contribution in [3.8, 4) is 5.75 Å². The van der Waals surface area contributed by atoms with Crippen LogP contribution in [0.3, 0.4) is 0 Å². The zero-order chi connectivity index (χ0) is 19.7. The van der Waals surface area contributed by atoms with Gasteiger partial charge in [-0.25, -0.2) is 13.1 Å². The number of hydrogen-bond donors (Lipinski definition) is 1. The van der Waals surface area contributed by atoms with Gasteiger partial charge in [0.2, 0.25) is 10.0 Å². The van der Waals surface area contributed by atoms with Crippen molar-refractivity contribution in [1.29, 1.82) is 0 Å². The Bertz CT molecular complexity index is 785. The summed E-state index contributed by atoms with van der Waals surface area (Å²) >= 11 is 0. The Labute approximate surface area is 150 Å². The molecule has 0 saturated carbocycles. The van der Waals surface area contributed by atoms with E-state index >= 15 is 0 Å². The Kier molecular flexibility index (Phi) is 5.86. The molecule has 1 aromatic carbocycles. The van der Waals surface area contributed by atoms with Crippen molar-refractivity contribution in [1.82, 2.24) is 9.62 Å². The summed E-state index contributed by atoms with van der Waals surface area (Å²) in [6.45, 7) is 3.29. The molecule has 0 atom stereocenters. The number of ether oxygens (including phenoxy) is 1. The minimum absolute atomic E-state index is 0.0168. The minimum atomic E-state index is -4.92. The highest BCUT2D eigenvalue weighted by Crippen LogP contribution is 2.28. The first-order chi connectivity index (χ1) is 12.0. The molecule has 1 N–H and O–H groups in total. The summed E-state index contributed by atoms with van der Waals surface area (Å²) in [5.74, 6) is -1.69. The first kappa shape index (κ1) is 20.5. The number of aryl methyl sites for hydroxylation is 2. The van der Waals surface area contributed by atoms with Gasteiger partial charge < -0.3 is 9.64 Å². The first-order valence-corrected chi connectivity index (χ1v) is 9.47. The molecular weight excluding hydrogens is 373 g/mol. The quantitative estimate of drug-likeness (QED) is 0.849. The van der Waals surface area contributed by atoms with Crippen LogP contribution in [0.2, 0.25) is 0 Å². The summed E-state index contributed by atoms with van der Waals surface area (Å²) in [6.07, 6.45) is -4.71. The predicted molar refractivity (Wildman–Crippen MR) is 88.4 cm³/mol. The van der Waals surface area contributed by atoms with Gasteiger partial charge in [-0.15, -0.1) is 0 Å². The Morgan fingerprint density at radius 1 is 1.19 bits per heavy atom. The number of halogens is 3. The fraction of sp³-hybridized carbons (Fsp3) is 0.562. The topological polar surface area (TPSA) is 75.7 Å². The molecule has 1 amide bonds. The van der Waals surface area contributed by atoms with Gasteiger partial charge in [0, 0.05) is 19.1 Å². The van der Waals surface area contributed by atoms with Crippen molar-refractivity contribution in [2.75, 3.05) is 20.2 Å². The van der Waals surface area contributed by atoms with Gasteiger partial charge in [-0.2, -0.15) is 13.2 Å². The summed E-state index contributed by atoms with van der Waals surface area (Å²) in [5.41, 5.74) is 1.65. The van der Waals surface area contributed by atoms with Gasteiger partial charge >= 0.3 is 12.1 Å². The van der Waals surface area contributed by atoms with Crippen LogP contribution in [0.25, 0.3) is 0 Å². The van der Waals surface area contributed by atoms with Crippen LogP contribution < -0.4 is 9.46 Å². The molecule has 1 aliphatic heterocycles. The second kappa shape index (κ2) is 7.43. The monoisotopic (exact) mass is 394 g/mol. The van der Waals surface area contributed by atoms with Crippen LogP contribution in [0, 0.1) is 13.8 Å². The van der Waals surface area contributed by atoms with Crippen molar-refractivity contribution >= 4 is 15.9 Å².